The van der Waals surface area contributed by atoms with E-state index in [1.165, 1.54) is 6.07 Å². The van der Waals surface area contributed by atoms with Gasteiger partial charge in [-0.1, -0.05) is 42.5 Å². The molecule has 0 radical (unpaired) electrons. The normalized spacial score (nSPS) is 11.7. The van der Waals surface area contributed by atoms with Crippen molar-refractivity contribution < 1.29 is 13.2 Å². The van der Waals surface area contributed by atoms with Crippen molar-refractivity contribution in [2.24, 2.45) is 0 Å². The molecule has 27 heavy (non-hydrogen) atoms. The summed E-state index contributed by atoms with van der Waals surface area (Å²) in [5, 5.41) is 0. The summed E-state index contributed by atoms with van der Waals surface area (Å²) in [7, 11) is 0. The molecule has 0 aliphatic carbocycles. The number of hydrogen-bond donors (Lipinski definition) is 0. The summed E-state index contributed by atoms with van der Waals surface area (Å²) in [5.74, 6) is 0. The number of pyridine rings is 2. The lowest BCUT2D eigenvalue weighted by atomic mass is 10.2. The van der Waals surface area contributed by atoms with Gasteiger partial charge in [0.15, 0.2) is 0 Å². The van der Waals surface area contributed by atoms with Crippen LogP contribution in [0.2, 0.25) is 0 Å². The summed E-state index contributed by atoms with van der Waals surface area (Å²) in [6.07, 6.45) is -1.98. The molecule has 0 aliphatic rings. The first-order valence-corrected chi connectivity index (χ1v) is 8.70. The van der Waals surface area contributed by atoms with Crippen LogP contribution in [-0.4, -0.2) is 21.4 Å². The number of hydrogen-bond acceptors (Lipinski definition) is 3. The third-order valence-corrected chi connectivity index (χ3v) is 4.14. The number of aromatic nitrogens is 2. The highest BCUT2D eigenvalue weighted by molar-refractivity contribution is 5.16. The zero-order valence-corrected chi connectivity index (χ0v) is 14.7. The molecule has 0 aliphatic heterocycles. The monoisotopic (exact) mass is 371 g/mol. The van der Waals surface area contributed by atoms with Crippen LogP contribution in [-0.2, 0) is 25.7 Å². The molecule has 0 saturated carbocycles. The first kappa shape index (κ1) is 19.0. The van der Waals surface area contributed by atoms with Crippen LogP contribution in [0.3, 0.4) is 0 Å². The standard InChI is InChI=1S/C21H20F3N3/c22-21(23,24)20-11-6-10-19(26-20)16-27(15-17-7-2-1-3-8-17)14-12-18-9-4-5-13-25-18/h1-11,13H,12,14-16H2. The van der Waals surface area contributed by atoms with Gasteiger partial charge in [-0.2, -0.15) is 13.2 Å². The van der Waals surface area contributed by atoms with Crippen molar-refractivity contribution >= 4 is 0 Å². The predicted octanol–water partition coefficient (Wildman–Crippen LogP) is 4.74. The van der Waals surface area contributed by atoms with Gasteiger partial charge in [0.2, 0.25) is 0 Å². The molecule has 0 unspecified atom stereocenters. The Morgan fingerprint density at radius 3 is 2.22 bits per heavy atom. The van der Waals surface area contributed by atoms with Crippen LogP contribution < -0.4 is 0 Å². The van der Waals surface area contributed by atoms with E-state index in [9.17, 15) is 13.2 Å². The Bertz CT molecular complexity index is 836. The van der Waals surface area contributed by atoms with Crippen LogP contribution in [0.4, 0.5) is 13.2 Å². The third kappa shape index (κ3) is 5.89. The second kappa shape index (κ2) is 8.77. The largest absolute Gasteiger partial charge is 0.433 e. The lowest BCUT2D eigenvalue weighted by Crippen LogP contribution is -2.26. The molecule has 2 aromatic heterocycles. The lowest BCUT2D eigenvalue weighted by molar-refractivity contribution is -0.141. The molecule has 3 nitrogen and oxygen atoms in total. The highest BCUT2D eigenvalue weighted by Crippen LogP contribution is 2.27. The minimum atomic E-state index is -4.44. The van der Waals surface area contributed by atoms with E-state index in [1.54, 1.807) is 12.3 Å². The van der Waals surface area contributed by atoms with Gasteiger partial charge in [-0.05, 0) is 29.8 Å². The van der Waals surface area contributed by atoms with Crippen LogP contribution in [0.5, 0.6) is 0 Å². The number of alkyl halides is 3. The van der Waals surface area contributed by atoms with Gasteiger partial charge in [-0.3, -0.25) is 9.88 Å². The quantitative estimate of drug-likeness (QED) is 0.601. The van der Waals surface area contributed by atoms with Crippen molar-refractivity contribution in [1.29, 1.82) is 0 Å². The first-order chi connectivity index (χ1) is 13.0. The van der Waals surface area contributed by atoms with Crippen molar-refractivity contribution in [3.63, 3.8) is 0 Å². The molecular weight excluding hydrogens is 351 g/mol. The minimum Gasteiger partial charge on any atom is -0.293 e. The number of rotatable bonds is 7. The molecule has 6 heteroatoms. The summed E-state index contributed by atoms with van der Waals surface area (Å²) >= 11 is 0. The summed E-state index contributed by atoms with van der Waals surface area (Å²) in [6.45, 7) is 1.64. The van der Waals surface area contributed by atoms with Gasteiger partial charge in [0.05, 0.1) is 5.69 Å². The van der Waals surface area contributed by atoms with E-state index < -0.39 is 11.9 Å². The lowest BCUT2D eigenvalue weighted by Gasteiger charge is -2.22. The minimum absolute atomic E-state index is 0.339. The highest BCUT2D eigenvalue weighted by atomic mass is 19.4. The Hall–Kier alpha value is -2.73. The molecule has 140 valence electrons. The van der Waals surface area contributed by atoms with E-state index in [4.69, 9.17) is 0 Å². The average Bonchev–Trinajstić information content (AvgIpc) is 2.67. The second-order valence-corrected chi connectivity index (χ2v) is 6.28. The Labute approximate surface area is 156 Å². The maximum atomic E-state index is 12.9. The first-order valence-electron chi connectivity index (χ1n) is 8.70. The number of halogens is 3. The van der Waals surface area contributed by atoms with Gasteiger partial charge < -0.3 is 0 Å². The van der Waals surface area contributed by atoms with Crippen molar-refractivity contribution in [3.05, 3.63) is 95.6 Å². The van der Waals surface area contributed by atoms with Crippen LogP contribution in [0.1, 0.15) is 22.6 Å². The fourth-order valence-electron chi connectivity index (χ4n) is 2.83. The van der Waals surface area contributed by atoms with E-state index in [1.807, 2.05) is 48.5 Å². The van der Waals surface area contributed by atoms with Gasteiger partial charge in [0, 0.05) is 37.9 Å². The molecule has 0 bridgehead atoms. The summed E-state index contributed by atoms with van der Waals surface area (Å²) < 4.78 is 38.8. The van der Waals surface area contributed by atoms with Crippen molar-refractivity contribution in [1.82, 2.24) is 14.9 Å². The molecule has 0 amide bonds. The molecule has 0 N–H and O–H groups in total. The molecule has 1 aromatic carbocycles. The SMILES string of the molecule is FC(F)(F)c1cccc(CN(CCc2ccccn2)Cc2ccccc2)n1. The number of benzene rings is 1. The third-order valence-electron chi connectivity index (χ3n) is 4.14. The molecule has 0 atom stereocenters. The topological polar surface area (TPSA) is 29.0 Å². The van der Waals surface area contributed by atoms with Gasteiger partial charge >= 0.3 is 6.18 Å². The summed E-state index contributed by atoms with van der Waals surface area (Å²) in [5.41, 5.74) is 1.60. The van der Waals surface area contributed by atoms with Gasteiger partial charge in [0.1, 0.15) is 5.69 Å². The van der Waals surface area contributed by atoms with E-state index in [2.05, 4.69) is 14.9 Å². The van der Waals surface area contributed by atoms with E-state index >= 15 is 0 Å². The van der Waals surface area contributed by atoms with Crippen LogP contribution in [0.25, 0.3) is 0 Å². The van der Waals surface area contributed by atoms with Crippen molar-refractivity contribution in [3.8, 4) is 0 Å². The molecule has 3 aromatic rings. The van der Waals surface area contributed by atoms with Gasteiger partial charge in [-0.25, -0.2) is 4.98 Å². The van der Waals surface area contributed by atoms with Crippen molar-refractivity contribution in [2.75, 3.05) is 6.54 Å². The maximum absolute atomic E-state index is 12.9. The molecular formula is C21H20F3N3. The molecule has 2 heterocycles. The Balaban J connectivity index is 1.74. The molecule has 0 fully saturated rings. The van der Waals surface area contributed by atoms with Crippen LogP contribution >= 0.6 is 0 Å². The van der Waals surface area contributed by atoms with Gasteiger partial charge in [-0.15, -0.1) is 0 Å². The summed E-state index contributed by atoms with van der Waals surface area (Å²) in [4.78, 5) is 10.2. The van der Waals surface area contributed by atoms with Crippen molar-refractivity contribution in [2.45, 2.75) is 25.7 Å². The fraction of sp³-hybridized carbons (Fsp3) is 0.238. The summed E-state index contributed by atoms with van der Waals surface area (Å²) in [6, 6.07) is 19.6. The smallest absolute Gasteiger partial charge is 0.293 e. The molecule has 0 spiro atoms. The zero-order valence-electron chi connectivity index (χ0n) is 14.7. The molecule has 0 saturated heterocycles. The van der Waals surface area contributed by atoms with Crippen LogP contribution in [0.15, 0.2) is 72.9 Å². The van der Waals surface area contributed by atoms with E-state index in [0.717, 1.165) is 17.3 Å². The second-order valence-electron chi connectivity index (χ2n) is 6.28. The Kier molecular flexibility index (Phi) is 6.19. The zero-order chi connectivity index (χ0) is 19.1. The predicted molar refractivity (Wildman–Crippen MR) is 97.7 cm³/mol. The Morgan fingerprint density at radius 1 is 0.778 bits per heavy atom. The van der Waals surface area contributed by atoms with E-state index in [0.29, 0.717) is 31.7 Å². The maximum Gasteiger partial charge on any atom is 0.433 e. The molecule has 3 rings (SSSR count). The van der Waals surface area contributed by atoms with E-state index in [-0.39, 0.29) is 0 Å². The average molecular weight is 371 g/mol. The highest BCUT2D eigenvalue weighted by Gasteiger charge is 2.32. The Morgan fingerprint density at radius 2 is 1.52 bits per heavy atom. The fourth-order valence-corrected chi connectivity index (χ4v) is 2.83. The van der Waals surface area contributed by atoms with Crippen LogP contribution in [0, 0.1) is 0 Å². The van der Waals surface area contributed by atoms with Gasteiger partial charge in [0.25, 0.3) is 0 Å². The number of nitrogens with zero attached hydrogens (tertiary/aromatic N) is 3.